The third-order valence-corrected chi connectivity index (χ3v) is 1.86. The Morgan fingerprint density at radius 3 is 2.92 bits per heavy atom. The molecule has 0 saturated carbocycles. The fourth-order valence-corrected chi connectivity index (χ4v) is 1.16. The van der Waals surface area contributed by atoms with Crippen molar-refractivity contribution in [2.75, 3.05) is 0 Å². The average Bonchev–Trinajstić information content (AvgIpc) is 2.71. The zero-order chi connectivity index (χ0) is 9.10. The topological polar surface area (TPSA) is 41.6 Å². The van der Waals surface area contributed by atoms with Gasteiger partial charge in [-0.15, -0.1) is 0 Å². The van der Waals surface area contributed by atoms with Crippen molar-refractivity contribution in [2.45, 2.75) is 5.82 Å². The van der Waals surface area contributed by atoms with Gasteiger partial charge in [0, 0.05) is 29.6 Å². The minimum absolute atomic E-state index is 0.219. The zero-order valence-corrected chi connectivity index (χ0v) is 7.01. The maximum Gasteiger partial charge on any atom is 0.0921 e. The molecule has 62 valence electrons. The average molecular weight is 169 g/mol. The maximum absolute atomic E-state index is 5.93. The van der Waals surface area contributed by atoms with Gasteiger partial charge in [0.2, 0.25) is 0 Å². The van der Waals surface area contributed by atoms with E-state index in [1.54, 1.807) is 18.7 Å². The molecule has 0 fully saturated rings. The van der Waals surface area contributed by atoms with Crippen molar-refractivity contribution in [2.24, 2.45) is 0 Å². The number of pyridine rings is 1. The minimum atomic E-state index is -0.219. The van der Waals surface area contributed by atoms with E-state index in [2.05, 4.69) is 15.0 Å². The van der Waals surface area contributed by atoms with Crippen molar-refractivity contribution >= 4 is 7.85 Å². The van der Waals surface area contributed by atoms with E-state index >= 15 is 0 Å². The predicted molar refractivity (Wildman–Crippen MR) is 50.4 cm³/mol. The monoisotopic (exact) mass is 169 g/mol. The van der Waals surface area contributed by atoms with Crippen molar-refractivity contribution in [3.63, 3.8) is 0 Å². The van der Waals surface area contributed by atoms with E-state index in [1.165, 1.54) is 0 Å². The van der Waals surface area contributed by atoms with Gasteiger partial charge in [0.15, 0.2) is 0 Å². The highest BCUT2D eigenvalue weighted by Crippen LogP contribution is 2.15. The van der Waals surface area contributed by atoms with E-state index in [0.29, 0.717) is 0 Å². The second-order valence-electron chi connectivity index (χ2n) is 2.74. The lowest BCUT2D eigenvalue weighted by Gasteiger charge is -2.07. The molecule has 13 heavy (non-hydrogen) atoms. The highest BCUT2D eigenvalue weighted by atomic mass is 14.9. The van der Waals surface area contributed by atoms with Crippen LogP contribution in [-0.2, 0) is 0 Å². The molecule has 4 heteroatoms. The number of nitrogens with zero attached hydrogens (tertiary/aromatic N) is 2. The molecule has 3 nitrogen and oxygen atoms in total. The molecule has 0 saturated heterocycles. The number of H-pyrrole nitrogens is 1. The number of aromatic nitrogens is 3. The second kappa shape index (κ2) is 3.43. The van der Waals surface area contributed by atoms with Gasteiger partial charge in [0.25, 0.3) is 0 Å². The van der Waals surface area contributed by atoms with Crippen LogP contribution in [0.1, 0.15) is 17.2 Å². The first-order chi connectivity index (χ1) is 6.38. The highest BCUT2D eigenvalue weighted by Gasteiger charge is 2.08. The van der Waals surface area contributed by atoms with Gasteiger partial charge in [0.05, 0.1) is 14.2 Å². The fourth-order valence-electron chi connectivity index (χ4n) is 1.16. The molecule has 0 aliphatic carbocycles. The molecular formula is C9H8BN3. The Morgan fingerprint density at radius 2 is 2.31 bits per heavy atom. The van der Waals surface area contributed by atoms with Gasteiger partial charge < -0.3 is 4.98 Å². The standard InChI is InChI=1S/C9H8BN3/c10-9(8-5-11-6-13-8)7-3-1-2-4-12-7/h1-6,9H,(H,11,13). The Hall–Kier alpha value is -1.58. The van der Waals surface area contributed by atoms with Crippen LogP contribution in [0.4, 0.5) is 0 Å². The van der Waals surface area contributed by atoms with Crippen LogP contribution in [0.25, 0.3) is 0 Å². The first-order valence-corrected chi connectivity index (χ1v) is 4.02. The SMILES string of the molecule is [B]C(c1ccccn1)c1cnc[nH]1. The Morgan fingerprint density at radius 1 is 1.38 bits per heavy atom. The summed E-state index contributed by atoms with van der Waals surface area (Å²) in [6.07, 6.45) is 5.04. The van der Waals surface area contributed by atoms with Crippen LogP contribution >= 0.6 is 0 Å². The van der Waals surface area contributed by atoms with Gasteiger partial charge in [0.1, 0.15) is 0 Å². The molecule has 0 spiro atoms. The van der Waals surface area contributed by atoms with Crippen molar-refractivity contribution < 1.29 is 0 Å². The maximum atomic E-state index is 5.93. The van der Waals surface area contributed by atoms with Crippen molar-refractivity contribution in [1.29, 1.82) is 0 Å². The predicted octanol–water partition coefficient (Wildman–Crippen LogP) is 1.06. The zero-order valence-electron chi connectivity index (χ0n) is 7.01. The number of rotatable bonds is 2. The van der Waals surface area contributed by atoms with Crippen LogP contribution in [0.5, 0.6) is 0 Å². The summed E-state index contributed by atoms with van der Waals surface area (Å²) in [6.45, 7) is 0. The van der Waals surface area contributed by atoms with Crippen LogP contribution in [0.15, 0.2) is 36.9 Å². The molecule has 2 aromatic rings. The van der Waals surface area contributed by atoms with Gasteiger partial charge in [-0.2, -0.15) is 0 Å². The summed E-state index contributed by atoms with van der Waals surface area (Å²) in [5, 5.41) is 0. The van der Waals surface area contributed by atoms with Crippen LogP contribution in [-0.4, -0.2) is 22.8 Å². The number of nitrogens with one attached hydrogen (secondary N) is 1. The van der Waals surface area contributed by atoms with Gasteiger partial charge in [-0.1, -0.05) is 6.07 Å². The highest BCUT2D eigenvalue weighted by molar-refractivity contribution is 6.14. The number of imidazole rings is 1. The Bertz CT molecular complexity index is 358. The van der Waals surface area contributed by atoms with E-state index in [-0.39, 0.29) is 5.82 Å². The molecule has 2 heterocycles. The third kappa shape index (κ3) is 1.61. The summed E-state index contributed by atoms with van der Waals surface area (Å²) in [5.41, 5.74) is 1.71. The number of aromatic amines is 1. The van der Waals surface area contributed by atoms with Gasteiger partial charge >= 0.3 is 0 Å². The molecule has 0 aromatic carbocycles. The third-order valence-electron chi connectivity index (χ3n) is 1.86. The molecule has 0 aliphatic heterocycles. The Kier molecular flexibility index (Phi) is 2.12. The van der Waals surface area contributed by atoms with E-state index in [4.69, 9.17) is 7.85 Å². The molecule has 1 unspecified atom stereocenters. The normalized spacial score (nSPS) is 12.6. The molecule has 1 atom stereocenters. The Labute approximate surface area is 77.7 Å². The summed E-state index contributed by atoms with van der Waals surface area (Å²) >= 11 is 0. The molecule has 2 aromatic heterocycles. The lowest BCUT2D eigenvalue weighted by molar-refractivity contribution is 0.995. The molecular weight excluding hydrogens is 161 g/mol. The Balaban J connectivity index is 2.29. The minimum Gasteiger partial charge on any atom is -0.349 e. The molecule has 0 aliphatic rings. The van der Waals surface area contributed by atoms with E-state index in [0.717, 1.165) is 11.4 Å². The van der Waals surface area contributed by atoms with Crippen LogP contribution in [0, 0.1) is 0 Å². The summed E-state index contributed by atoms with van der Waals surface area (Å²) in [5.74, 6) is -0.219. The van der Waals surface area contributed by atoms with Crippen molar-refractivity contribution in [3.8, 4) is 0 Å². The van der Waals surface area contributed by atoms with E-state index in [1.807, 2.05) is 18.2 Å². The molecule has 2 radical (unpaired) electrons. The quantitative estimate of drug-likeness (QED) is 0.683. The summed E-state index contributed by atoms with van der Waals surface area (Å²) < 4.78 is 0. The fraction of sp³-hybridized carbons (Fsp3) is 0.111. The first-order valence-electron chi connectivity index (χ1n) is 4.02. The summed E-state index contributed by atoms with van der Waals surface area (Å²) in [4.78, 5) is 11.0. The van der Waals surface area contributed by atoms with Gasteiger partial charge in [-0.05, 0) is 12.1 Å². The lowest BCUT2D eigenvalue weighted by Crippen LogP contribution is -2.02. The summed E-state index contributed by atoms with van der Waals surface area (Å²) in [7, 11) is 5.93. The second-order valence-corrected chi connectivity index (χ2v) is 2.74. The molecule has 0 amide bonds. The lowest BCUT2D eigenvalue weighted by atomic mass is 9.82. The number of hydrogen-bond donors (Lipinski definition) is 1. The van der Waals surface area contributed by atoms with Crippen LogP contribution < -0.4 is 0 Å². The van der Waals surface area contributed by atoms with Crippen molar-refractivity contribution in [1.82, 2.24) is 15.0 Å². The number of hydrogen-bond acceptors (Lipinski definition) is 2. The summed E-state index contributed by atoms with van der Waals surface area (Å²) in [6, 6.07) is 5.67. The van der Waals surface area contributed by atoms with E-state index in [9.17, 15) is 0 Å². The first kappa shape index (κ1) is 8.04. The van der Waals surface area contributed by atoms with E-state index < -0.39 is 0 Å². The smallest absolute Gasteiger partial charge is 0.0921 e. The molecule has 1 N–H and O–H groups in total. The largest absolute Gasteiger partial charge is 0.349 e. The van der Waals surface area contributed by atoms with Crippen LogP contribution in [0.2, 0.25) is 0 Å². The molecule has 0 bridgehead atoms. The van der Waals surface area contributed by atoms with Gasteiger partial charge in [-0.3, -0.25) is 4.98 Å². The van der Waals surface area contributed by atoms with Crippen molar-refractivity contribution in [3.05, 3.63) is 48.3 Å². The molecule has 2 rings (SSSR count). The van der Waals surface area contributed by atoms with Crippen LogP contribution in [0.3, 0.4) is 0 Å². The van der Waals surface area contributed by atoms with Gasteiger partial charge in [-0.25, -0.2) is 4.98 Å².